The molecule has 0 radical (unpaired) electrons. The van der Waals surface area contributed by atoms with Crippen LogP contribution in [0, 0.1) is 0 Å². The Kier molecular flexibility index (Phi) is 7.76. The first-order valence-electron chi connectivity index (χ1n) is 4.98. The molecule has 0 aromatic heterocycles. The lowest BCUT2D eigenvalue weighted by Gasteiger charge is -2.19. The van der Waals surface area contributed by atoms with Crippen LogP contribution in [0.4, 0.5) is 8.78 Å². The molecule has 4 nitrogen and oxygen atoms in total. The molecule has 0 aromatic carbocycles. The lowest BCUT2D eigenvalue weighted by Crippen LogP contribution is -2.40. The van der Waals surface area contributed by atoms with Crippen LogP contribution >= 0.6 is 0 Å². The Morgan fingerprint density at radius 1 is 1.27 bits per heavy atom. The average Bonchev–Trinajstić information content (AvgIpc) is 2.18. The molecule has 0 unspecified atom stereocenters. The summed E-state index contributed by atoms with van der Waals surface area (Å²) in [6.45, 7) is 2.96. The van der Waals surface area contributed by atoms with Gasteiger partial charge in [-0.15, -0.1) is 0 Å². The molecule has 6 heteroatoms. The van der Waals surface area contributed by atoms with Crippen molar-refractivity contribution in [2.75, 3.05) is 32.9 Å². The average molecular weight is 227 g/mol. The fourth-order valence-corrected chi connectivity index (χ4v) is 0.967. The van der Waals surface area contributed by atoms with Gasteiger partial charge in [-0.05, 0) is 13.8 Å². The van der Waals surface area contributed by atoms with Gasteiger partial charge in [-0.2, -0.15) is 0 Å². The van der Waals surface area contributed by atoms with Gasteiger partial charge >= 0.3 is 0 Å². The highest BCUT2D eigenvalue weighted by molar-refractivity contribution is 4.68. The molecule has 0 saturated heterocycles. The summed E-state index contributed by atoms with van der Waals surface area (Å²) in [5, 5.41) is 10.8. The zero-order valence-corrected chi connectivity index (χ0v) is 9.13. The second-order valence-electron chi connectivity index (χ2n) is 2.99. The van der Waals surface area contributed by atoms with Crippen LogP contribution in [0.3, 0.4) is 0 Å². The van der Waals surface area contributed by atoms with Crippen molar-refractivity contribution >= 4 is 0 Å². The van der Waals surface area contributed by atoms with Crippen LogP contribution in [0.1, 0.15) is 13.8 Å². The number of ether oxygens (including phenoxy) is 2. The fraction of sp³-hybridized carbons (Fsp3) is 1.00. The van der Waals surface area contributed by atoms with Gasteiger partial charge in [0.2, 0.25) is 0 Å². The molecule has 0 heterocycles. The number of aliphatic hydroxyl groups excluding tert-OH is 1. The molecule has 92 valence electrons. The third-order valence-electron chi connectivity index (χ3n) is 1.63. The maximum absolute atomic E-state index is 12.6. The van der Waals surface area contributed by atoms with Crippen LogP contribution in [0.15, 0.2) is 0 Å². The van der Waals surface area contributed by atoms with E-state index in [0.717, 1.165) is 0 Å². The van der Waals surface area contributed by atoms with E-state index >= 15 is 0 Å². The molecule has 0 aliphatic carbocycles. The van der Waals surface area contributed by atoms with Crippen molar-refractivity contribution < 1.29 is 23.4 Å². The number of aliphatic hydroxyl groups is 1. The Morgan fingerprint density at radius 3 is 2.20 bits per heavy atom. The summed E-state index contributed by atoms with van der Waals surface area (Å²) in [4.78, 5) is 0. The third-order valence-corrected chi connectivity index (χ3v) is 1.63. The first-order chi connectivity index (χ1) is 7.05. The maximum atomic E-state index is 12.6. The normalized spacial score (nSPS) is 12.4. The quantitative estimate of drug-likeness (QED) is 0.566. The van der Waals surface area contributed by atoms with Gasteiger partial charge < -0.3 is 19.9 Å². The predicted octanol–water partition coefficient (Wildman–Crippen LogP) is 0.603. The number of rotatable bonds is 9. The molecule has 0 aliphatic heterocycles. The monoisotopic (exact) mass is 227 g/mol. The topological polar surface area (TPSA) is 50.7 Å². The molecule has 0 rings (SSSR count). The molecule has 0 amide bonds. The smallest absolute Gasteiger partial charge is 0.282 e. The van der Waals surface area contributed by atoms with E-state index in [1.54, 1.807) is 13.8 Å². The number of hydrogen-bond donors (Lipinski definition) is 2. The van der Waals surface area contributed by atoms with Gasteiger partial charge in [0, 0.05) is 19.8 Å². The van der Waals surface area contributed by atoms with Crippen molar-refractivity contribution in [1.82, 2.24) is 5.32 Å². The van der Waals surface area contributed by atoms with Gasteiger partial charge in [0.05, 0.1) is 6.54 Å². The molecular formula is C9H19F2NO3. The van der Waals surface area contributed by atoms with Gasteiger partial charge in [0.1, 0.15) is 6.61 Å². The van der Waals surface area contributed by atoms with Gasteiger partial charge in [-0.1, -0.05) is 0 Å². The van der Waals surface area contributed by atoms with Crippen molar-refractivity contribution in [3.63, 3.8) is 0 Å². The first kappa shape index (κ1) is 14.7. The maximum Gasteiger partial charge on any atom is 0.282 e. The molecular weight excluding hydrogens is 208 g/mol. The summed E-state index contributed by atoms with van der Waals surface area (Å²) in [7, 11) is 0. The van der Waals surface area contributed by atoms with E-state index < -0.39 is 25.4 Å². The Bertz CT molecular complexity index is 152. The van der Waals surface area contributed by atoms with Crippen LogP contribution in [0.25, 0.3) is 0 Å². The summed E-state index contributed by atoms with van der Waals surface area (Å²) in [5.41, 5.74) is 0. The minimum atomic E-state index is -3.09. The Balaban J connectivity index is 3.69. The van der Waals surface area contributed by atoms with Crippen molar-refractivity contribution in [1.29, 1.82) is 0 Å². The van der Waals surface area contributed by atoms with E-state index in [2.05, 4.69) is 5.32 Å². The number of alkyl halides is 2. The van der Waals surface area contributed by atoms with E-state index in [-0.39, 0.29) is 6.54 Å². The third kappa shape index (κ3) is 7.61. The Labute approximate surface area is 88.6 Å². The zero-order valence-electron chi connectivity index (χ0n) is 9.13. The van der Waals surface area contributed by atoms with E-state index in [0.29, 0.717) is 13.2 Å². The molecule has 0 atom stereocenters. The van der Waals surface area contributed by atoms with Crippen LogP contribution in [-0.2, 0) is 9.47 Å². The summed E-state index contributed by atoms with van der Waals surface area (Å²) in [5.74, 6) is -3.09. The van der Waals surface area contributed by atoms with E-state index in [1.165, 1.54) is 0 Å². The summed E-state index contributed by atoms with van der Waals surface area (Å²) < 4.78 is 35.4. The minimum Gasteiger partial charge on any atom is -0.390 e. The minimum absolute atomic E-state index is 0.178. The fourth-order valence-electron chi connectivity index (χ4n) is 0.967. The van der Waals surface area contributed by atoms with Crippen molar-refractivity contribution in [2.24, 2.45) is 0 Å². The predicted molar refractivity (Wildman–Crippen MR) is 51.9 cm³/mol. The highest BCUT2D eigenvalue weighted by atomic mass is 19.3. The number of hydrogen-bond acceptors (Lipinski definition) is 4. The summed E-state index contributed by atoms with van der Waals surface area (Å²) in [6, 6.07) is 0. The molecule has 0 aliphatic rings. The second-order valence-corrected chi connectivity index (χ2v) is 2.99. The van der Waals surface area contributed by atoms with Crippen molar-refractivity contribution in [3.05, 3.63) is 0 Å². The van der Waals surface area contributed by atoms with Crippen LogP contribution < -0.4 is 5.32 Å². The SMILES string of the molecule is CCOC(CNCC(F)(F)CO)OCC. The van der Waals surface area contributed by atoms with Crippen molar-refractivity contribution in [3.8, 4) is 0 Å². The Morgan fingerprint density at radius 2 is 1.80 bits per heavy atom. The van der Waals surface area contributed by atoms with Gasteiger partial charge in [0.25, 0.3) is 5.92 Å². The molecule has 0 fully saturated rings. The first-order valence-corrected chi connectivity index (χ1v) is 4.98. The molecule has 0 bridgehead atoms. The molecule has 0 aromatic rings. The molecule has 2 N–H and O–H groups in total. The van der Waals surface area contributed by atoms with Crippen LogP contribution in [0.2, 0.25) is 0 Å². The van der Waals surface area contributed by atoms with Crippen LogP contribution in [0.5, 0.6) is 0 Å². The lowest BCUT2D eigenvalue weighted by atomic mass is 10.3. The number of halogens is 2. The zero-order chi connectivity index (χ0) is 11.7. The van der Waals surface area contributed by atoms with Gasteiger partial charge in [0.15, 0.2) is 6.29 Å². The number of nitrogens with one attached hydrogen (secondary N) is 1. The highest BCUT2D eigenvalue weighted by Crippen LogP contribution is 2.09. The molecule has 0 saturated carbocycles. The molecule has 15 heavy (non-hydrogen) atoms. The summed E-state index contributed by atoms with van der Waals surface area (Å²) in [6.07, 6.45) is -0.519. The van der Waals surface area contributed by atoms with Crippen molar-refractivity contribution in [2.45, 2.75) is 26.1 Å². The highest BCUT2D eigenvalue weighted by Gasteiger charge is 2.27. The lowest BCUT2D eigenvalue weighted by molar-refractivity contribution is -0.135. The van der Waals surface area contributed by atoms with E-state index in [4.69, 9.17) is 14.6 Å². The van der Waals surface area contributed by atoms with E-state index in [1.807, 2.05) is 0 Å². The Hall–Kier alpha value is -0.300. The summed E-state index contributed by atoms with van der Waals surface area (Å²) >= 11 is 0. The van der Waals surface area contributed by atoms with Gasteiger partial charge in [-0.3, -0.25) is 0 Å². The second kappa shape index (κ2) is 7.92. The van der Waals surface area contributed by atoms with E-state index in [9.17, 15) is 8.78 Å². The van der Waals surface area contributed by atoms with Gasteiger partial charge in [-0.25, -0.2) is 8.78 Å². The standard InChI is InChI=1S/C9H19F2NO3/c1-3-14-8(15-4-2)5-12-6-9(10,11)7-13/h8,12-13H,3-7H2,1-2H3. The molecule has 0 spiro atoms. The van der Waals surface area contributed by atoms with Crippen LogP contribution in [-0.4, -0.2) is 50.2 Å². The largest absolute Gasteiger partial charge is 0.390 e.